The molecule has 1 atom stereocenters. The molecule has 1 aromatic carbocycles. The second kappa shape index (κ2) is 4.94. The van der Waals surface area contributed by atoms with E-state index in [4.69, 9.17) is 10.2 Å². The molecule has 0 aliphatic rings. The molecule has 0 saturated carbocycles. The third-order valence-electron chi connectivity index (χ3n) is 2.56. The minimum absolute atomic E-state index is 0.152. The third kappa shape index (κ3) is 2.70. The van der Waals surface area contributed by atoms with Crippen molar-refractivity contribution in [3.63, 3.8) is 0 Å². The Morgan fingerprint density at radius 3 is 2.81 bits per heavy atom. The molecule has 0 spiro atoms. The Morgan fingerprint density at radius 1 is 1.25 bits per heavy atom. The van der Waals surface area contributed by atoms with Gasteiger partial charge in [-0.05, 0) is 36.2 Å². The molecule has 0 bridgehead atoms. The second-order valence-corrected chi connectivity index (χ2v) is 3.78. The fourth-order valence-corrected chi connectivity index (χ4v) is 1.66. The maximum absolute atomic E-state index is 13.0. The summed E-state index contributed by atoms with van der Waals surface area (Å²) in [6.45, 7) is 0. The summed E-state index contributed by atoms with van der Waals surface area (Å²) in [4.78, 5) is 0. The normalized spacial score (nSPS) is 12.6. The van der Waals surface area contributed by atoms with E-state index in [-0.39, 0.29) is 11.9 Å². The van der Waals surface area contributed by atoms with E-state index in [1.807, 2.05) is 18.2 Å². The lowest BCUT2D eigenvalue weighted by Gasteiger charge is -2.10. The molecule has 16 heavy (non-hydrogen) atoms. The van der Waals surface area contributed by atoms with E-state index in [1.54, 1.807) is 12.3 Å². The van der Waals surface area contributed by atoms with E-state index in [0.717, 1.165) is 24.2 Å². The number of rotatable bonds is 4. The van der Waals surface area contributed by atoms with Gasteiger partial charge in [0.15, 0.2) is 0 Å². The Labute approximate surface area is 93.9 Å². The highest BCUT2D eigenvalue weighted by Crippen LogP contribution is 2.17. The number of benzene rings is 1. The molecule has 0 aliphatic carbocycles. The summed E-state index contributed by atoms with van der Waals surface area (Å²) in [5, 5.41) is 0. The van der Waals surface area contributed by atoms with Crippen LogP contribution in [0.3, 0.4) is 0 Å². The summed E-state index contributed by atoms with van der Waals surface area (Å²) in [6.07, 6.45) is 3.16. The minimum atomic E-state index is -0.244. The zero-order chi connectivity index (χ0) is 11.4. The molecule has 3 heteroatoms. The zero-order valence-electron chi connectivity index (χ0n) is 8.90. The first-order valence-corrected chi connectivity index (χ1v) is 5.29. The van der Waals surface area contributed by atoms with Crippen LogP contribution in [0.2, 0.25) is 0 Å². The summed E-state index contributed by atoms with van der Waals surface area (Å²) >= 11 is 0. The van der Waals surface area contributed by atoms with Crippen molar-refractivity contribution in [1.29, 1.82) is 0 Å². The molecule has 2 aromatic rings. The van der Waals surface area contributed by atoms with E-state index in [1.165, 1.54) is 12.1 Å². The predicted octanol–water partition coefficient (Wildman–Crippen LogP) is 3.05. The molecule has 0 fully saturated rings. The van der Waals surface area contributed by atoms with Crippen molar-refractivity contribution < 1.29 is 8.81 Å². The number of aryl methyl sites for hydroxylation is 1. The first-order valence-electron chi connectivity index (χ1n) is 5.29. The van der Waals surface area contributed by atoms with Gasteiger partial charge in [-0.1, -0.05) is 12.1 Å². The van der Waals surface area contributed by atoms with Crippen LogP contribution >= 0.6 is 0 Å². The van der Waals surface area contributed by atoms with Crippen molar-refractivity contribution in [2.45, 2.75) is 18.9 Å². The number of furan rings is 1. The van der Waals surface area contributed by atoms with Crippen molar-refractivity contribution in [2.24, 2.45) is 5.73 Å². The first kappa shape index (κ1) is 10.9. The molecule has 2 nitrogen and oxygen atoms in total. The standard InChI is InChI=1S/C13H14FNO/c14-11-4-1-3-10(9-11)13(15)7-6-12-5-2-8-16-12/h1-5,8-9,13H,6-7,15H2. The van der Waals surface area contributed by atoms with Gasteiger partial charge in [-0.15, -0.1) is 0 Å². The smallest absolute Gasteiger partial charge is 0.123 e. The first-order chi connectivity index (χ1) is 7.75. The quantitative estimate of drug-likeness (QED) is 0.858. The van der Waals surface area contributed by atoms with Gasteiger partial charge in [-0.2, -0.15) is 0 Å². The van der Waals surface area contributed by atoms with Crippen molar-refractivity contribution in [3.8, 4) is 0 Å². The molecule has 0 amide bonds. The van der Waals surface area contributed by atoms with E-state index in [2.05, 4.69) is 0 Å². The average molecular weight is 219 g/mol. The number of nitrogens with two attached hydrogens (primary N) is 1. The molecular formula is C13H14FNO. The Morgan fingerprint density at radius 2 is 2.12 bits per heavy atom. The van der Waals surface area contributed by atoms with Crippen molar-refractivity contribution >= 4 is 0 Å². The van der Waals surface area contributed by atoms with Crippen LogP contribution in [0.15, 0.2) is 47.1 Å². The van der Waals surface area contributed by atoms with E-state index >= 15 is 0 Å². The SMILES string of the molecule is NC(CCc1ccco1)c1cccc(F)c1. The van der Waals surface area contributed by atoms with Gasteiger partial charge in [-0.25, -0.2) is 4.39 Å². The van der Waals surface area contributed by atoms with Crippen LogP contribution in [0.5, 0.6) is 0 Å². The highest BCUT2D eigenvalue weighted by molar-refractivity contribution is 5.19. The van der Waals surface area contributed by atoms with E-state index < -0.39 is 0 Å². The maximum atomic E-state index is 13.0. The van der Waals surface area contributed by atoms with Crippen LogP contribution < -0.4 is 5.73 Å². The van der Waals surface area contributed by atoms with Crippen molar-refractivity contribution in [1.82, 2.24) is 0 Å². The second-order valence-electron chi connectivity index (χ2n) is 3.78. The summed E-state index contributed by atoms with van der Waals surface area (Å²) in [6, 6.07) is 10.0. The third-order valence-corrected chi connectivity index (χ3v) is 2.56. The van der Waals surface area contributed by atoms with Crippen LogP contribution in [-0.4, -0.2) is 0 Å². The highest BCUT2D eigenvalue weighted by Gasteiger charge is 2.07. The van der Waals surface area contributed by atoms with Gasteiger partial charge in [-0.3, -0.25) is 0 Å². The molecule has 1 aromatic heterocycles. The van der Waals surface area contributed by atoms with Gasteiger partial charge in [0.05, 0.1) is 6.26 Å². The van der Waals surface area contributed by atoms with Crippen molar-refractivity contribution in [3.05, 3.63) is 59.8 Å². The Hall–Kier alpha value is -1.61. The van der Waals surface area contributed by atoms with Gasteiger partial charge in [0, 0.05) is 12.5 Å². The van der Waals surface area contributed by atoms with Crippen LogP contribution in [0, 0.1) is 5.82 Å². The lowest BCUT2D eigenvalue weighted by Crippen LogP contribution is -2.11. The highest BCUT2D eigenvalue weighted by atomic mass is 19.1. The lowest BCUT2D eigenvalue weighted by atomic mass is 10.0. The van der Waals surface area contributed by atoms with E-state index in [0.29, 0.717) is 0 Å². The molecular weight excluding hydrogens is 205 g/mol. The Kier molecular flexibility index (Phi) is 3.37. The minimum Gasteiger partial charge on any atom is -0.469 e. The monoisotopic (exact) mass is 219 g/mol. The molecule has 1 unspecified atom stereocenters. The molecule has 0 saturated heterocycles. The zero-order valence-corrected chi connectivity index (χ0v) is 8.90. The van der Waals surface area contributed by atoms with Gasteiger partial charge >= 0.3 is 0 Å². The van der Waals surface area contributed by atoms with Crippen LogP contribution in [-0.2, 0) is 6.42 Å². The molecule has 2 N–H and O–H groups in total. The molecule has 2 rings (SSSR count). The fourth-order valence-electron chi connectivity index (χ4n) is 1.66. The Balaban J connectivity index is 1.95. The van der Waals surface area contributed by atoms with Gasteiger partial charge in [0.1, 0.15) is 11.6 Å². The summed E-state index contributed by atoms with van der Waals surface area (Å²) < 4.78 is 18.2. The Bertz CT molecular complexity index is 439. The molecule has 84 valence electrons. The van der Waals surface area contributed by atoms with Gasteiger partial charge < -0.3 is 10.2 Å². The average Bonchev–Trinajstić information content (AvgIpc) is 2.78. The van der Waals surface area contributed by atoms with Crippen LogP contribution in [0.4, 0.5) is 4.39 Å². The summed E-state index contributed by atoms with van der Waals surface area (Å²) in [5.74, 6) is 0.665. The fraction of sp³-hybridized carbons (Fsp3) is 0.231. The van der Waals surface area contributed by atoms with Crippen LogP contribution in [0.25, 0.3) is 0 Å². The van der Waals surface area contributed by atoms with E-state index in [9.17, 15) is 4.39 Å². The van der Waals surface area contributed by atoms with Crippen LogP contribution in [0.1, 0.15) is 23.8 Å². The molecule has 0 radical (unpaired) electrons. The summed E-state index contributed by atoms with van der Waals surface area (Å²) in [5.41, 5.74) is 6.80. The number of halogens is 1. The largest absolute Gasteiger partial charge is 0.469 e. The lowest BCUT2D eigenvalue weighted by molar-refractivity contribution is 0.488. The number of hydrogen-bond donors (Lipinski definition) is 1. The van der Waals surface area contributed by atoms with Crippen molar-refractivity contribution in [2.75, 3.05) is 0 Å². The predicted molar refractivity (Wildman–Crippen MR) is 60.4 cm³/mol. The van der Waals surface area contributed by atoms with Gasteiger partial charge in [0.25, 0.3) is 0 Å². The summed E-state index contributed by atoms with van der Waals surface area (Å²) in [7, 11) is 0. The van der Waals surface area contributed by atoms with Gasteiger partial charge in [0.2, 0.25) is 0 Å². The topological polar surface area (TPSA) is 39.2 Å². The maximum Gasteiger partial charge on any atom is 0.123 e. The number of hydrogen-bond acceptors (Lipinski definition) is 2. The molecule has 1 heterocycles. The molecule has 0 aliphatic heterocycles.